The highest BCUT2D eigenvalue weighted by Gasteiger charge is 2.50. The first kappa shape index (κ1) is 12.3. The van der Waals surface area contributed by atoms with E-state index < -0.39 is 27.4 Å². The fourth-order valence-electron chi connectivity index (χ4n) is 2.19. The highest BCUT2D eigenvalue weighted by atomic mass is 32.2. The quantitative estimate of drug-likeness (QED) is 0.775. The number of nitrogens with zero attached hydrogens (tertiary/aromatic N) is 2. The lowest BCUT2D eigenvalue weighted by Crippen LogP contribution is -2.42. The average molecular weight is 258 g/mol. The molecule has 0 radical (unpaired) electrons. The van der Waals surface area contributed by atoms with E-state index in [1.54, 1.807) is 0 Å². The van der Waals surface area contributed by atoms with Crippen LogP contribution in [0.15, 0.2) is 0 Å². The van der Waals surface area contributed by atoms with E-state index in [9.17, 15) is 13.2 Å². The standard InChI is InChI=1S/C10H14N2O4S/c11-6-10(3-4-10)7-17(15,16)12-5-1-2-8(12)9(13)14/h8H,1-5,7H2,(H,13,14). The van der Waals surface area contributed by atoms with E-state index in [1.807, 2.05) is 6.07 Å². The summed E-state index contributed by atoms with van der Waals surface area (Å²) in [6.45, 7) is 0.251. The van der Waals surface area contributed by atoms with Crippen molar-refractivity contribution >= 4 is 16.0 Å². The molecule has 0 bridgehead atoms. The molecule has 2 fully saturated rings. The molecular formula is C10H14N2O4S. The molecule has 1 heterocycles. The minimum Gasteiger partial charge on any atom is -0.480 e. The molecule has 17 heavy (non-hydrogen) atoms. The molecule has 0 amide bonds. The zero-order valence-electron chi connectivity index (χ0n) is 9.29. The van der Waals surface area contributed by atoms with Gasteiger partial charge in [-0.25, -0.2) is 8.42 Å². The summed E-state index contributed by atoms with van der Waals surface area (Å²) in [6.07, 6.45) is 2.10. The van der Waals surface area contributed by atoms with E-state index in [0.29, 0.717) is 25.7 Å². The largest absolute Gasteiger partial charge is 0.480 e. The zero-order valence-corrected chi connectivity index (χ0v) is 10.1. The van der Waals surface area contributed by atoms with Crippen LogP contribution in [0, 0.1) is 16.7 Å². The fraction of sp³-hybridized carbons (Fsp3) is 0.800. The molecule has 0 aromatic rings. The van der Waals surface area contributed by atoms with Crippen LogP contribution in [0.4, 0.5) is 0 Å². The fourth-order valence-corrected chi connectivity index (χ4v) is 4.40. The van der Waals surface area contributed by atoms with E-state index in [2.05, 4.69) is 0 Å². The van der Waals surface area contributed by atoms with Gasteiger partial charge in [-0.3, -0.25) is 4.79 Å². The third kappa shape index (κ3) is 2.28. The maximum absolute atomic E-state index is 12.1. The van der Waals surface area contributed by atoms with Gasteiger partial charge in [0.25, 0.3) is 0 Å². The molecule has 2 rings (SSSR count). The van der Waals surface area contributed by atoms with E-state index in [4.69, 9.17) is 10.4 Å². The molecule has 6 nitrogen and oxygen atoms in total. The Kier molecular flexibility index (Phi) is 2.87. The third-order valence-corrected chi connectivity index (χ3v) is 5.46. The van der Waals surface area contributed by atoms with Crippen LogP contribution >= 0.6 is 0 Å². The Labute approximate surface area is 99.9 Å². The molecule has 1 aliphatic carbocycles. The first-order valence-corrected chi connectivity index (χ1v) is 7.15. The van der Waals surface area contributed by atoms with Crippen LogP contribution in [-0.4, -0.2) is 42.1 Å². The van der Waals surface area contributed by atoms with Crippen LogP contribution < -0.4 is 0 Å². The molecule has 0 aromatic heterocycles. The highest BCUT2D eigenvalue weighted by Crippen LogP contribution is 2.46. The molecule has 94 valence electrons. The van der Waals surface area contributed by atoms with Crippen LogP contribution in [-0.2, 0) is 14.8 Å². The minimum atomic E-state index is -3.63. The van der Waals surface area contributed by atoms with Crippen molar-refractivity contribution in [1.29, 1.82) is 5.26 Å². The van der Waals surface area contributed by atoms with Gasteiger partial charge in [0, 0.05) is 6.54 Å². The Morgan fingerprint density at radius 3 is 2.65 bits per heavy atom. The molecule has 0 aromatic carbocycles. The number of hydrogen-bond donors (Lipinski definition) is 1. The molecule has 0 spiro atoms. The number of hydrogen-bond acceptors (Lipinski definition) is 4. The summed E-state index contributed by atoms with van der Waals surface area (Å²) >= 11 is 0. The highest BCUT2D eigenvalue weighted by molar-refractivity contribution is 7.89. The Bertz CT molecular complexity index is 475. The molecule has 1 unspecified atom stereocenters. The lowest BCUT2D eigenvalue weighted by Gasteiger charge is -2.22. The number of carboxylic acid groups (broad SMARTS) is 1. The second-order valence-electron chi connectivity index (χ2n) is 4.76. The molecule has 1 saturated carbocycles. The summed E-state index contributed by atoms with van der Waals surface area (Å²) in [5.41, 5.74) is -0.759. The lowest BCUT2D eigenvalue weighted by atomic mass is 10.2. The first-order chi connectivity index (χ1) is 7.90. The van der Waals surface area contributed by atoms with Crippen LogP contribution in [0.3, 0.4) is 0 Å². The van der Waals surface area contributed by atoms with Gasteiger partial charge in [0.2, 0.25) is 10.0 Å². The number of aliphatic carboxylic acids is 1. The molecule has 1 saturated heterocycles. The Balaban J connectivity index is 2.16. The van der Waals surface area contributed by atoms with Crippen LogP contribution in [0.25, 0.3) is 0 Å². The summed E-state index contributed by atoms with van der Waals surface area (Å²) in [5.74, 6) is -1.34. The molecule has 1 atom stereocenters. The van der Waals surface area contributed by atoms with E-state index in [1.165, 1.54) is 0 Å². The van der Waals surface area contributed by atoms with Crippen molar-refractivity contribution in [3.63, 3.8) is 0 Å². The average Bonchev–Trinajstić information content (AvgIpc) is 2.82. The van der Waals surface area contributed by atoms with Crippen molar-refractivity contribution in [2.45, 2.75) is 31.7 Å². The minimum absolute atomic E-state index is 0.236. The van der Waals surface area contributed by atoms with Gasteiger partial charge in [-0.2, -0.15) is 9.57 Å². The van der Waals surface area contributed by atoms with Crippen LogP contribution in [0.1, 0.15) is 25.7 Å². The number of sulfonamides is 1. The van der Waals surface area contributed by atoms with Crippen molar-refractivity contribution in [1.82, 2.24) is 4.31 Å². The summed E-state index contributed by atoms with van der Waals surface area (Å²) in [7, 11) is -3.63. The van der Waals surface area contributed by atoms with E-state index >= 15 is 0 Å². The maximum atomic E-state index is 12.1. The molecule has 1 aliphatic heterocycles. The summed E-state index contributed by atoms with van der Waals surface area (Å²) in [6, 6.07) is 1.07. The zero-order chi connectivity index (χ0) is 12.7. The molecule has 2 aliphatic rings. The van der Waals surface area contributed by atoms with Gasteiger partial charge in [-0.05, 0) is 25.7 Å². The van der Waals surface area contributed by atoms with E-state index in [0.717, 1.165) is 4.31 Å². The normalized spacial score (nSPS) is 27.6. The van der Waals surface area contributed by atoms with Gasteiger partial charge >= 0.3 is 5.97 Å². The smallest absolute Gasteiger partial charge is 0.322 e. The van der Waals surface area contributed by atoms with Gasteiger partial charge in [-0.15, -0.1) is 0 Å². The predicted molar refractivity (Wildman–Crippen MR) is 58.4 cm³/mol. The SMILES string of the molecule is N#CC1(CS(=O)(=O)N2CCCC2C(=O)O)CC1. The van der Waals surface area contributed by atoms with Gasteiger partial charge in [0.05, 0.1) is 17.2 Å². The topological polar surface area (TPSA) is 98.5 Å². The maximum Gasteiger partial charge on any atom is 0.322 e. The summed E-state index contributed by atoms with van der Waals surface area (Å²) < 4.78 is 25.2. The summed E-state index contributed by atoms with van der Waals surface area (Å²) in [5, 5.41) is 17.8. The Morgan fingerprint density at radius 1 is 1.53 bits per heavy atom. The number of carboxylic acids is 1. The second-order valence-corrected chi connectivity index (χ2v) is 6.68. The van der Waals surface area contributed by atoms with E-state index in [-0.39, 0.29) is 12.3 Å². The van der Waals surface area contributed by atoms with Crippen LogP contribution in [0.2, 0.25) is 0 Å². The Morgan fingerprint density at radius 2 is 2.18 bits per heavy atom. The second kappa shape index (κ2) is 3.96. The first-order valence-electron chi connectivity index (χ1n) is 5.54. The number of rotatable bonds is 4. The van der Waals surface area contributed by atoms with Crippen molar-refractivity contribution < 1.29 is 18.3 Å². The monoisotopic (exact) mass is 258 g/mol. The molecular weight excluding hydrogens is 244 g/mol. The number of carbonyl (C=O) groups is 1. The van der Waals surface area contributed by atoms with Gasteiger partial charge in [0.15, 0.2) is 0 Å². The van der Waals surface area contributed by atoms with Gasteiger partial charge in [-0.1, -0.05) is 0 Å². The molecule has 1 N–H and O–H groups in total. The third-order valence-electron chi connectivity index (χ3n) is 3.40. The number of nitriles is 1. The molecule has 7 heteroatoms. The van der Waals surface area contributed by atoms with Crippen molar-refractivity contribution in [3.05, 3.63) is 0 Å². The van der Waals surface area contributed by atoms with Crippen molar-refractivity contribution in [2.24, 2.45) is 5.41 Å². The van der Waals surface area contributed by atoms with Crippen molar-refractivity contribution in [2.75, 3.05) is 12.3 Å². The lowest BCUT2D eigenvalue weighted by molar-refractivity contribution is -0.140. The Hall–Kier alpha value is -1.13. The van der Waals surface area contributed by atoms with Crippen LogP contribution in [0.5, 0.6) is 0 Å². The predicted octanol–water partition coefficient (Wildman–Crippen LogP) is 0.169. The van der Waals surface area contributed by atoms with Gasteiger partial charge < -0.3 is 5.11 Å². The van der Waals surface area contributed by atoms with Gasteiger partial charge in [0.1, 0.15) is 6.04 Å². The summed E-state index contributed by atoms with van der Waals surface area (Å²) in [4.78, 5) is 10.9. The van der Waals surface area contributed by atoms with Crippen molar-refractivity contribution in [3.8, 4) is 6.07 Å².